The fraction of sp³-hybridized carbons (Fsp3) is 0.118. The number of benzene rings is 2. The van der Waals surface area contributed by atoms with Crippen molar-refractivity contribution in [1.82, 2.24) is 9.55 Å². The van der Waals surface area contributed by atoms with Gasteiger partial charge in [-0.15, -0.1) is 0 Å². The topological polar surface area (TPSA) is 61.0 Å². The smallest absolute Gasteiger partial charge is 0.269 e. The number of nitro benzene ring substituents is 1. The number of rotatable bonds is 5. The summed E-state index contributed by atoms with van der Waals surface area (Å²) in [7, 11) is 0. The minimum Gasteiger partial charge on any atom is -0.330 e. The number of imidazole rings is 1. The van der Waals surface area contributed by atoms with Gasteiger partial charge in [0.05, 0.1) is 4.92 Å². The molecule has 0 bridgehead atoms. The highest BCUT2D eigenvalue weighted by molar-refractivity contribution is 9.10. The molecule has 0 unspecified atom stereocenters. The molecule has 2 aromatic carbocycles. The van der Waals surface area contributed by atoms with Crippen molar-refractivity contribution in [1.29, 1.82) is 0 Å². The SMILES string of the molecule is O=[N+]([O-])c1ccc(Cn2ccnc2Cc2cccc(Br)c2)cc1. The number of nitro groups is 1. The molecule has 1 heterocycles. The molecule has 3 rings (SSSR count). The van der Waals surface area contributed by atoms with E-state index in [1.807, 2.05) is 18.3 Å². The van der Waals surface area contributed by atoms with Crippen LogP contribution in [0.25, 0.3) is 0 Å². The molecule has 0 aliphatic carbocycles. The van der Waals surface area contributed by atoms with Crippen LogP contribution in [0, 0.1) is 10.1 Å². The Morgan fingerprint density at radius 2 is 1.91 bits per heavy atom. The summed E-state index contributed by atoms with van der Waals surface area (Å²) in [5.41, 5.74) is 2.29. The average Bonchev–Trinajstić information content (AvgIpc) is 2.95. The summed E-state index contributed by atoms with van der Waals surface area (Å²) in [6, 6.07) is 14.7. The Morgan fingerprint density at radius 1 is 1.13 bits per heavy atom. The van der Waals surface area contributed by atoms with Gasteiger partial charge >= 0.3 is 0 Å². The first kappa shape index (κ1) is 15.4. The number of hydrogen-bond acceptors (Lipinski definition) is 3. The summed E-state index contributed by atoms with van der Waals surface area (Å²) in [5, 5.41) is 10.7. The fourth-order valence-electron chi connectivity index (χ4n) is 2.40. The summed E-state index contributed by atoms with van der Waals surface area (Å²) in [6.07, 6.45) is 4.44. The van der Waals surface area contributed by atoms with Gasteiger partial charge in [0.2, 0.25) is 0 Å². The zero-order valence-electron chi connectivity index (χ0n) is 12.2. The molecule has 0 spiro atoms. The molecule has 0 aliphatic rings. The van der Waals surface area contributed by atoms with Gasteiger partial charge in [0.1, 0.15) is 5.82 Å². The van der Waals surface area contributed by atoms with Crippen LogP contribution >= 0.6 is 15.9 Å². The molecule has 5 nitrogen and oxygen atoms in total. The molecule has 0 saturated carbocycles. The lowest BCUT2D eigenvalue weighted by Gasteiger charge is -2.08. The maximum Gasteiger partial charge on any atom is 0.269 e. The predicted octanol–water partition coefficient (Wildman–Crippen LogP) is 4.19. The minimum atomic E-state index is -0.389. The predicted molar refractivity (Wildman–Crippen MR) is 91.4 cm³/mol. The molecule has 0 amide bonds. The molecule has 23 heavy (non-hydrogen) atoms. The zero-order chi connectivity index (χ0) is 16.2. The Morgan fingerprint density at radius 3 is 2.61 bits per heavy atom. The molecule has 3 aromatic rings. The number of nitrogens with zero attached hydrogens (tertiary/aromatic N) is 3. The molecular formula is C17H14BrN3O2. The molecule has 6 heteroatoms. The standard InChI is InChI=1S/C17H14BrN3O2/c18-15-3-1-2-14(10-15)11-17-19-8-9-20(17)12-13-4-6-16(7-5-13)21(22)23/h1-10H,11-12H2. The number of aromatic nitrogens is 2. The van der Waals surface area contributed by atoms with E-state index in [4.69, 9.17) is 0 Å². The van der Waals surface area contributed by atoms with Crippen LogP contribution in [-0.2, 0) is 13.0 Å². The highest BCUT2D eigenvalue weighted by Gasteiger charge is 2.07. The van der Waals surface area contributed by atoms with Crippen LogP contribution in [0.1, 0.15) is 17.0 Å². The van der Waals surface area contributed by atoms with E-state index in [2.05, 4.69) is 37.6 Å². The van der Waals surface area contributed by atoms with Gasteiger partial charge in [-0.05, 0) is 23.3 Å². The largest absolute Gasteiger partial charge is 0.330 e. The van der Waals surface area contributed by atoms with E-state index in [0.29, 0.717) is 6.54 Å². The van der Waals surface area contributed by atoms with Crippen molar-refractivity contribution < 1.29 is 4.92 Å². The van der Waals surface area contributed by atoms with Crippen LogP contribution < -0.4 is 0 Å². The highest BCUT2D eigenvalue weighted by Crippen LogP contribution is 2.17. The van der Waals surface area contributed by atoms with Gasteiger partial charge in [-0.3, -0.25) is 10.1 Å². The lowest BCUT2D eigenvalue weighted by molar-refractivity contribution is -0.384. The van der Waals surface area contributed by atoms with Gasteiger partial charge in [-0.1, -0.05) is 40.2 Å². The Hall–Kier alpha value is -2.47. The second-order valence-electron chi connectivity index (χ2n) is 5.20. The van der Waals surface area contributed by atoms with E-state index < -0.39 is 0 Å². The van der Waals surface area contributed by atoms with Gasteiger partial charge in [-0.25, -0.2) is 4.98 Å². The first-order valence-electron chi connectivity index (χ1n) is 7.09. The Balaban J connectivity index is 1.77. The van der Waals surface area contributed by atoms with Crippen molar-refractivity contribution in [2.45, 2.75) is 13.0 Å². The van der Waals surface area contributed by atoms with Gasteiger partial charge in [-0.2, -0.15) is 0 Å². The van der Waals surface area contributed by atoms with Crippen LogP contribution in [0.15, 0.2) is 65.4 Å². The number of halogens is 1. The Labute approximate surface area is 141 Å². The third-order valence-corrected chi connectivity index (χ3v) is 4.05. The maximum absolute atomic E-state index is 10.7. The third-order valence-electron chi connectivity index (χ3n) is 3.55. The van der Waals surface area contributed by atoms with E-state index in [0.717, 1.165) is 22.3 Å². The quantitative estimate of drug-likeness (QED) is 0.498. The lowest BCUT2D eigenvalue weighted by Crippen LogP contribution is -2.05. The van der Waals surface area contributed by atoms with E-state index in [-0.39, 0.29) is 10.6 Å². The van der Waals surface area contributed by atoms with Gasteiger partial charge in [0.25, 0.3) is 5.69 Å². The van der Waals surface area contributed by atoms with Crippen molar-refractivity contribution in [2.24, 2.45) is 0 Å². The normalized spacial score (nSPS) is 10.7. The molecule has 0 N–H and O–H groups in total. The first-order valence-corrected chi connectivity index (χ1v) is 7.89. The second-order valence-corrected chi connectivity index (χ2v) is 6.12. The van der Waals surface area contributed by atoms with Crippen molar-refractivity contribution in [3.63, 3.8) is 0 Å². The van der Waals surface area contributed by atoms with Crippen molar-refractivity contribution in [3.05, 3.63) is 92.5 Å². The Kier molecular flexibility index (Phi) is 4.52. The van der Waals surface area contributed by atoms with E-state index >= 15 is 0 Å². The summed E-state index contributed by atoms with van der Waals surface area (Å²) < 4.78 is 3.10. The van der Waals surface area contributed by atoms with Crippen LogP contribution in [0.5, 0.6) is 0 Å². The average molecular weight is 372 g/mol. The third kappa shape index (κ3) is 3.84. The molecule has 0 saturated heterocycles. The number of hydrogen-bond donors (Lipinski definition) is 0. The van der Waals surface area contributed by atoms with Gasteiger partial charge in [0.15, 0.2) is 0 Å². The maximum atomic E-state index is 10.7. The second kappa shape index (κ2) is 6.75. The highest BCUT2D eigenvalue weighted by atomic mass is 79.9. The lowest BCUT2D eigenvalue weighted by atomic mass is 10.1. The zero-order valence-corrected chi connectivity index (χ0v) is 13.8. The summed E-state index contributed by atoms with van der Waals surface area (Å²) >= 11 is 3.47. The van der Waals surface area contributed by atoms with Gasteiger partial charge in [0, 0.05) is 42.0 Å². The summed E-state index contributed by atoms with van der Waals surface area (Å²) in [5.74, 6) is 0.960. The van der Waals surface area contributed by atoms with E-state index in [1.54, 1.807) is 18.3 Å². The molecule has 116 valence electrons. The fourth-order valence-corrected chi connectivity index (χ4v) is 2.85. The van der Waals surface area contributed by atoms with Crippen LogP contribution in [0.2, 0.25) is 0 Å². The van der Waals surface area contributed by atoms with Crippen molar-refractivity contribution in [2.75, 3.05) is 0 Å². The van der Waals surface area contributed by atoms with Crippen molar-refractivity contribution in [3.8, 4) is 0 Å². The van der Waals surface area contributed by atoms with Gasteiger partial charge < -0.3 is 4.57 Å². The van der Waals surface area contributed by atoms with E-state index in [1.165, 1.54) is 17.7 Å². The number of non-ortho nitro benzene ring substituents is 1. The molecular weight excluding hydrogens is 358 g/mol. The minimum absolute atomic E-state index is 0.105. The van der Waals surface area contributed by atoms with Crippen LogP contribution in [0.3, 0.4) is 0 Å². The molecule has 0 radical (unpaired) electrons. The summed E-state index contributed by atoms with van der Waals surface area (Å²) in [4.78, 5) is 14.7. The summed E-state index contributed by atoms with van der Waals surface area (Å²) in [6.45, 7) is 0.640. The van der Waals surface area contributed by atoms with Crippen molar-refractivity contribution >= 4 is 21.6 Å². The molecule has 0 atom stereocenters. The molecule has 0 aliphatic heterocycles. The Bertz CT molecular complexity index is 828. The molecule has 1 aromatic heterocycles. The first-order chi connectivity index (χ1) is 11.1. The molecule has 0 fully saturated rings. The van der Waals surface area contributed by atoms with Crippen LogP contribution in [-0.4, -0.2) is 14.5 Å². The van der Waals surface area contributed by atoms with Crippen LogP contribution in [0.4, 0.5) is 5.69 Å². The van der Waals surface area contributed by atoms with E-state index in [9.17, 15) is 10.1 Å². The monoisotopic (exact) mass is 371 g/mol.